The van der Waals surface area contributed by atoms with Crippen molar-refractivity contribution in [3.8, 4) is 0 Å². The van der Waals surface area contributed by atoms with E-state index < -0.39 is 0 Å². The van der Waals surface area contributed by atoms with Crippen LogP contribution in [0.2, 0.25) is 0 Å². The van der Waals surface area contributed by atoms with Crippen molar-refractivity contribution >= 4 is 15.9 Å². The average Bonchev–Trinajstić information content (AvgIpc) is 2.70. The molecule has 1 saturated heterocycles. The Morgan fingerprint density at radius 1 is 1.55 bits per heavy atom. The SMILES string of the molecule is Cc1cc(Br)ccc1[C@@H]1CO1. The van der Waals surface area contributed by atoms with Gasteiger partial charge in [0.25, 0.3) is 0 Å². The summed E-state index contributed by atoms with van der Waals surface area (Å²) in [5, 5.41) is 0. The van der Waals surface area contributed by atoms with Crippen LogP contribution in [0, 0.1) is 6.92 Å². The number of rotatable bonds is 1. The van der Waals surface area contributed by atoms with E-state index in [1.165, 1.54) is 11.1 Å². The zero-order chi connectivity index (χ0) is 7.84. The van der Waals surface area contributed by atoms with Crippen molar-refractivity contribution in [3.05, 3.63) is 33.8 Å². The van der Waals surface area contributed by atoms with Gasteiger partial charge in [0.15, 0.2) is 0 Å². The van der Waals surface area contributed by atoms with Crippen LogP contribution in [0.15, 0.2) is 22.7 Å². The van der Waals surface area contributed by atoms with E-state index in [0.29, 0.717) is 6.10 Å². The molecule has 1 atom stereocenters. The molecule has 2 rings (SSSR count). The van der Waals surface area contributed by atoms with E-state index in [-0.39, 0.29) is 0 Å². The Morgan fingerprint density at radius 2 is 2.27 bits per heavy atom. The van der Waals surface area contributed by atoms with Gasteiger partial charge in [0.2, 0.25) is 0 Å². The third-order valence-electron chi connectivity index (χ3n) is 1.91. The van der Waals surface area contributed by atoms with Crippen molar-refractivity contribution in [3.63, 3.8) is 0 Å². The zero-order valence-electron chi connectivity index (χ0n) is 6.30. The van der Waals surface area contributed by atoms with Gasteiger partial charge in [0.05, 0.1) is 6.61 Å². The van der Waals surface area contributed by atoms with Gasteiger partial charge in [-0.15, -0.1) is 0 Å². The molecule has 0 N–H and O–H groups in total. The molecule has 1 heterocycles. The Morgan fingerprint density at radius 3 is 2.82 bits per heavy atom. The van der Waals surface area contributed by atoms with Gasteiger partial charge in [-0.3, -0.25) is 0 Å². The number of halogens is 1. The monoisotopic (exact) mass is 212 g/mol. The molecular weight excluding hydrogens is 204 g/mol. The molecule has 0 spiro atoms. The first-order valence-corrected chi connectivity index (χ1v) is 4.44. The molecule has 0 aliphatic carbocycles. The summed E-state index contributed by atoms with van der Waals surface area (Å²) in [6.07, 6.45) is 0.378. The van der Waals surface area contributed by atoms with Crippen LogP contribution in [0.1, 0.15) is 17.2 Å². The van der Waals surface area contributed by atoms with E-state index in [1.807, 2.05) is 0 Å². The number of benzene rings is 1. The molecule has 2 heteroatoms. The quantitative estimate of drug-likeness (QED) is 0.653. The maximum atomic E-state index is 5.20. The van der Waals surface area contributed by atoms with Crippen LogP contribution in [0.3, 0.4) is 0 Å². The third kappa shape index (κ3) is 1.47. The fourth-order valence-corrected chi connectivity index (χ4v) is 1.70. The second kappa shape index (κ2) is 2.61. The fourth-order valence-electron chi connectivity index (χ4n) is 1.23. The fraction of sp³-hybridized carbons (Fsp3) is 0.333. The summed E-state index contributed by atoms with van der Waals surface area (Å²) in [6.45, 7) is 3.00. The molecule has 1 aromatic rings. The van der Waals surface area contributed by atoms with Gasteiger partial charge < -0.3 is 4.74 Å². The highest BCUT2D eigenvalue weighted by atomic mass is 79.9. The molecule has 11 heavy (non-hydrogen) atoms. The van der Waals surface area contributed by atoms with Crippen molar-refractivity contribution in [1.82, 2.24) is 0 Å². The third-order valence-corrected chi connectivity index (χ3v) is 2.41. The molecule has 1 aliphatic heterocycles. The van der Waals surface area contributed by atoms with Gasteiger partial charge in [-0.1, -0.05) is 22.0 Å². The first-order chi connectivity index (χ1) is 5.27. The number of hydrogen-bond donors (Lipinski definition) is 0. The Bertz CT molecular complexity index is 279. The highest BCUT2D eigenvalue weighted by molar-refractivity contribution is 9.10. The van der Waals surface area contributed by atoms with Gasteiger partial charge >= 0.3 is 0 Å². The molecule has 0 amide bonds. The molecule has 1 aromatic carbocycles. The Balaban J connectivity index is 2.39. The largest absolute Gasteiger partial charge is 0.368 e. The van der Waals surface area contributed by atoms with Crippen LogP contribution >= 0.6 is 15.9 Å². The summed E-state index contributed by atoms with van der Waals surface area (Å²) in [5.41, 5.74) is 2.63. The minimum absolute atomic E-state index is 0.378. The Kier molecular flexibility index (Phi) is 1.74. The molecule has 58 valence electrons. The van der Waals surface area contributed by atoms with Gasteiger partial charge in [-0.2, -0.15) is 0 Å². The zero-order valence-corrected chi connectivity index (χ0v) is 7.89. The van der Waals surface area contributed by atoms with E-state index >= 15 is 0 Å². The second-order valence-electron chi connectivity index (χ2n) is 2.82. The van der Waals surface area contributed by atoms with Crippen LogP contribution in [0.25, 0.3) is 0 Å². The lowest BCUT2D eigenvalue weighted by atomic mass is 10.1. The molecular formula is C9H9BrO. The smallest absolute Gasteiger partial charge is 0.106 e. The maximum absolute atomic E-state index is 5.20. The predicted molar refractivity (Wildman–Crippen MR) is 47.6 cm³/mol. The van der Waals surface area contributed by atoms with Gasteiger partial charge in [-0.05, 0) is 30.2 Å². The topological polar surface area (TPSA) is 12.5 Å². The summed E-state index contributed by atoms with van der Waals surface area (Å²) >= 11 is 3.42. The van der Waals surface area contributed by atoms with E-state index in [9.17, 15) is 0 Å². The van der Waals surface area contributed by atoms with E-state index in [2.05, 4.69) is 41.1 Å². The van der Waals surface area contributed by atoms with Crippen LogP contribution in [0.5, 0.6) is 0 Å². The lowest BCUT2D eigenvalue weighted by Crippen LogP contribution is -1.85. The predicted octanol–water partition coefficient (Wildman–Crippen LogP) is 2.83. The van der Waals surface area contributed by atoms with Gasteiger partial charge in [-0.25, -0.2) is 0 Å². The van der Waals surface area contributed by atoms with Crippen molar-refractivity contribution in [2.45, 2.75) is 13.0 Å². The minimum Gasteiger partial charge on any atom is -0.368 e. The molecule has 0 saturated carbocycles. The van der Waals surface area contributed by atoms with Crippen LogP contribution in [0.4, 0.5) is 0 Å². The van der Waals surface area contributed by atoms with E-state index in [4.69, 9.17) is 4.74 Å². The highest BCUT2D eigenvalue weighted by Gasteiger charge is 2.25. The molecule has 1 fully saturated rings. The number of hydrogen-bond acceptors (Lipinski definition) is 1. The summed E-state index contributed by atoms with van der Waals surface area (Å²) < 4.78 is 6.34. The minimum atomic E-state index is 0.378. The van der Waals surface area contributed by atoms with E-state index in [1.54, 1.807) is 0 Å². The first kappa shape index (κ1) is 7.32. The first-order valence-electron chi connectivity index (χ1n) is 3.65. The Hall–Kier alpha value is -0.340. The summed E-state index contributed by atoms with van der Waals surface area (Å²) in [5.74, 6) is 0. The standard InChI is InChI=1S/C9H9BrO/c1-6-4-7(10)2-3-8(6)9-5-11-9/h2-4,9H,5H2,1H3/t9-/m0/s1. The summed E-state index contributed by atoms with van der Waals surface area (Å²) in [7, 11) is 0. The van der Waals surface area contributed by atoms with Crippen LogP contribution < -0.4 is 0 Å². The second-order valence-corrected chi connectivity index (χ2v) is 3.74. The number of epoxide rings is 1. The van der Waals surface area contributed by atoms with Gasteiger partial charge in [0.1, 0.15) is 6.10 Å². The van der Waals surface area contributed by atoms with Crippen molar-refractivity contribution in [1.29, 1.82) is 0 Å². The molecule has 0 bridgehead atoms. The highest BCUT2D eigenvalue weighted by Crippen LogP contribution is 2.32. The van der Waals surface area contributed by atoms with Crippen LogP contribution in [-0.4, -0.2) is 6.61 Å². The molecule has 0 unspecified atom stereocenters. The summed E-state index contributed by atoms with van der Waals surface area (Å²) in [4.78, 5) is 0. The number of aryl methyl sites for hydroxylation is 1. The maximum Gasteiger partial charge on any atom is 0.106 e. The normalized spacial score (nSPS) is 21.8. The average molecular weight is 213 g/mol. The molecule has 0 radical (unpaired) electrons. The molecule has 1 aliphatic rings. The lowest BCUT2D eigenvalue weighted by Gasteiger charge is -2.01. The van der Waals surface area contributed by atoms with E-state index in [0.717, 1.165) is 11.1 Å². The summed E-state index contributed by atoms with van der Waals surface area (Å²) in [6, 6.07) is 6.30. The Labute approximate surface area is 74.5 Å². The van der Waals surface area contributed by atoms with Crippen molar-refractivity contribution in [2.75, 3.05) is 6.61 Å². The number of ether oxygens (including phenoxy) is 1. The lowest BCUT2D eigenvalue weighted by molar-refractivity contribution is 0.415. The molecule has 0 aromatic heterocycles. The van der Waals surface area contributed by atoms with Gasteiger partial charge in [0, 0.05) is 4.47 Å². The van der Waals surface area contributed by atoms with Crippen molar-refractivity contribution < 1.29 is 4.74 Å². The van der Waals surface area contributed by atoms with Crippen LogP contribution in [-0.2, 0) is 4.74 Å². The molecule has 1 nitrogen and oxygen atoms in total. The van der Waals surface area contributed by atoms with Crippen molar-refractivity contribution in [2.24, 2.45) is 0 Å².